The van der Waals surface area contributed by atoms with Gasteiger partial charge in [-0.25, -0.2) is 0 Å². The Morgan fingerprint density at radius 2 is 1.72 bits per heavy atom. The number of aliphatic carboxylic acids is 1. The molecule has 1 aromatic carbocycles. The van der Waals surface area contributed by atoms with Gasteiger partial charge in [-0.05, 0) is 44.7 Å². The molecule has 2 aliphatic rings. The van der Waals surface area contributed by atoms with Crippen LogP contribution in [0.1, 0.15) is 43.0 Å². The van der Waals surface area contributed by atoms with Gasteiger partial charge in [-0.1, -0.05) is 18.2 Å². The summed E-state index contributed by atoms with van der Waals surface area (Å²) in [6.45, 7) is 3.30. The Morgan fingerprint density at radius 3 is 2.32 bits per heavy atom. The first kappa shape index (κ1) is 17.5. The van der Waals surface area contributed by atoms with Crippen molar-refractivity contribution in [3.8, 4) is 0 Å². The number of nitrogens with zero attached hydrogens (tertiary/aromatic N) is 2. The molecule has 0 aromatic heterocycles. The number of hydrogen-bond acceptors (Lipinski definition) is 3. The molecule has 2 heterocycles. The van der Waals surface area contributed by atoms with Crippen molar-refractivity contribution in [1.29, 1.82) is 0 Å². The first-order chi connectivity index (χ1) is 11.9. The minimum absolute atomic E-state index is 0.0573. The number of piperidine rings is 1. The van der Waals surface area contributed by atoms with E-state index in [0.29, 0.717) is 44.5 Å². The smallest absolute Gasteiger partial charge is 0.306 e. The number of benzene rings is 1. The van der Waals surface area contributed by atoms with Crippen molar-refractivity contribution in [3.05, 3.63) is 35.9 Å². The highest BCUT2D eigenvalue weighted by atomic mass is 16.4. The van der Waals surface area contributed by atoms with Crippen LogP contribution in [0.5, 0.6) is 0 Å². The summed E-state index contributed by atoms with van der Waals surface area (Å²) in [5.41, 5.74) is -0.254. The van der Waals surface area contributed by atoms with Crippen molar-refractivity contribution in [2.24, 2.45) is 5.92 Å². The third-order valence-corrected chi connectivity index (χ3v) is 5.50. The molecule has 3 rings (SSSR count). The number of carbonyl (C=O) groups is 3. The summed E-state index contributed by atoms with van der Waals surface area (Å²) >= 11 is 0. The average molecular weight is 344 g/mol. The zero-order valence-electron chi connectivity index (χ0n) is 14.5. The van der Waals surface area contributed by atoms with Crippen molar-refractivity contribution in [2.45, 2.75) is 38.1 Å². The molecule has 25 heavy (non-hydrogen) atoms. The minimum atomic E-state index is -0.844. The third-order valence-electron chi connectivity index (χ3n) is 5.50. The maximum atomic E-state index is 13.1. The average Bonchev–Trinajstić information content (AvgIpc) is 3.04. The Kier molecular flexibility index (Phi) is 4.79. The Labute approximate surface area is 147 Å². The minimum Gasteiger partial charge on any atom is -0.481 e. The van der Waals surface area contributed by atoms with Crippen molar-refractivity contribution in [3.63, 3.8) is 0 Å². The van der Waals surface area contributed by atoms with Crippen LogP contribution in [-0.4, -0.2) is 57.9 Å². The number of likely N-dealkylation sites (tertiary alicyclic amines) is 2. The number of carbonyl (C=O) groups excluding carboxylic acids is 2. The lowest BCUT2D eigenvalue weighted by Crippen LogP contribution is -2.58. The number of carboxylic acid groups (broad SMARTS) is 1. The fourth-order valence-electron chi connectivity index (χ4n) is 3.92. The molecule has 0 radical (unpaired) electrons. The highest BCUT2D eigenvalue weighted by Gasteiger charge is 2.48. The summed E-state index contributed by atoms with van der Waals surface area (Å²) in [5, 5.41) is 9.11. The first-order valence-corrected chi connectivity index (χ1v) is 8.82. The quantitative estimate of drug-likeness (QED) is 0.910. The topological polar surface area (TPSA) is 77.9 Å². The lowest BCUT2D eigenvalue weighted by molar-refractivity contribution is -0.148. The van der Waals surface area contributed by atoms with Crippen molar-refractivity contribution >= 4 is 17.8 Å². The van der Waals surface area contributed by atoms with E-state index in [9.17, 15) is 14.4 Å². The molecule has 0 bridgehead atoms. The third kappa shape index (κ3) is 3.25. The molecule has 1 aromatic rings. The van der Waals surface area contributed by atoms with Crippen LogP contribution in [0, 0.1) is 5.92 Å². The molecule has 1 unspecified atom stereocenters. The second-order valence-corrected chi connectivity index (χ2v) is 7.10. The molecule has 2 fully saturated rings. The van der Waals surface area contributed by atoms with Gasteiger partial charge in [-0.15, -0.1) is 0 Å². The molecular formula is C19H24N2O4. The number of rotatable bonds is 3. The van der Waals surface area contributed by atoms with Gasteiger partial charge in [0.1, 0.15) is 5.54 Å². The molecule has 2 aliphatic heterocycles. The Morgan fingerprint density at radius 1 is 1.08 bits per heavy atom. The van der Waals surface area contributed by atoms with E-state index in [0.717, 1.165) is 6.42 Å². The van der Waals surface area contributed by atoms with Crippen LogP contribution in [0.3, 0.4) is 0 Å². The van der Waals surface area contributed by atoms with E-state index in [4.69, 9.17) is 5.11 Å². The monoisotopic (exact) mass is 344 g/mol. The maximum Gasteiger partial charge on any atom is 0.306 e. The van der Waals surface area contributed by atoms with E-state index in [2.05, 4.69) is 0 Å². The fraction of sp³-hybridized carbons (Fsp3) is 0.526. The standard InChI is InChI=1S/C19H24N2O4/c1-19(18(25)20-12-8-15(9-13-20)17(23)24)10-5-11-21(19)16(22)14-6-3-2-4-7-14/h2-4,6-7,15H,5,8-13H2,1H3,(H,23,24). The fourth-order valence-corrected chi connectivity index (χ4v) is 3.92. The normalized spacial score (nSPS) is 24.4. The molecule has 0 spiro atoms. The molecule has 1 atom stereocenters. The summed E-state index contributed by atoms with van der Waals surface area (Å²) in [7, 11) is 0. The molecule has 2 saturated heterocycles. The largest absolute Gasteiger partial charge is 0.481 e. The highest BCUT2D eigenvalue weighted by Crippen LogP contribution is 2.33. The van der Waals surface area contributed by atoms with Crippen LogP contribution in [0.2, 0.25) is 0 Å². The lowest BCUT2D eigenvalue weighted by Gasteiger charge is -2.40. The van der Waals surface area contributed by atoms with Crippen LogP contribution in [0.15, 0.2) is 30.3 Å². The van der Waals surface area contributed by atoms with Crippen LogP contribution in [-0.2, 0) is 9.59 Å². The SMILES string of the molecule is CC1(C(=O)N2CCC(C(=O)O)CC2)CCCN1C(=O)c1ccccc1. The number of amides is 2. The zero-order valence-corrected chi connectivity index (χ0v) is 14.5. The van der Waals surface area contributed by atoms with Gasteiger partial charge < -0.3 is 14.9 Å². The van der Waals surface area contributed by atoms with Gasteiger partial charge in [0.2, 0.25) is 5.91 Å². The maximum absolute atomic E-state index is 13.1. The Balaban J connectivity index is 1.74. The summed E-state index contributed by atoms with van der Waals surface area (Å²) in [4.78, 5) is 40.5. The van der Waals surface area contributed by atoms with Crippen LogP contribution >= 0.6 is 0 Å². The van der Waals surface area contributed by atoms with Crippen molar-refractivity contribution < 1.29 is 19.5 Å². The zero-order chi connectivity index (χ0) is 18.0. The molecule has 134 valence electrons. The second kappa shape index (κ2) is 6.86. The van der Waals surface area contributed by atoms with Crippen LogP contribution in [0.25, 0.3) is 0 Å². The van der Waals surface area contributed by atoms with Gasteiger partial charge in [0.15, 0.2) is 0 Å². The Hall–Kier alpha value is -2.37. The van der Waals surface area contributed by atoms with E-state index in [-0.39, 0.29) is 17.7 Å². The van der Waals surface area contributed by atoms with Gasteiger partial charge in [0.25, 0.3) is 5.91 Å². The Bertz CT molecular complexity index is 667. The number of hydrogen-bond donors (Lipinski definition) is 1. The molecule has 6 nitrogen and oxygen atoms in total. The molecule has 6 heteroatoms. The van der Waals surface area contributed by atoms with E-state index < -0.39 is 11.5 Å². The summed E-state index contributed by atoms with van der Waals surface area (Å²) < 4.78 is 0. The van der Waals surface area contributed by atoms with Gasteiger partial charge >= 0.3 is 5.97 Å². The predicted octanol–water partition coefficient (Wildman–Crippen LogP) is 2.00. The van der Waals surface area contributed by atoms with E-state index in [1.165, 1.54) is 0 Å². The molecule has 0 saturated carbocycles. The lowest BCUT2D eigenvalue weighted by atomic mass is 9.92. The molecule has 1 N–H and O–H groups in total. The molecule has 2 amide bonds. The molecule has 0 aliphatic carbocycles. The summed E-state index contributed by atoms with van der Waals surface area (Å²) in [5.74, 6) is -1.34. The number of carboxylic acids is 1. The highest BCUT2D eigenvalue weighted by molar-refractivity contribution is 5.99. The second-order valence-electron chi connectivity index (χ2n) is 7.10. The first-order valence-electron chi connectivity index (χ1n) is 8.82. The van der Waals surface area contributed by atoms with Crippen molar-refractivity contribution in [2.75, 3.05) is 19.6 Å². The van der Waals surface area contributed by atoms with Crippen molar-refractivity contribution in [1.82, 2.24) is 9.80 Å². The van der Waals surface area contributed by atoms with E-state index in [1.807, 2.05) is 25.1 Å². The van der Waals surface area contributed by atoms with Gasteiger partial charge in [0.05, 0.1) is 5.92 Å². The van der Waals surface area contributed by atoms with E-state index >= 15 is 0 Å². The van der Waals surface area contributed by atoms with Gasteiger partial charge in [-0.2, -0.15) is 0 Å². The van der Waals surface area contributed by atoms with Crippen LogP contribution in [0.4, 0.5) is 0 Å². The summed E-state index contributed by atoms with van der Waals surface area (Å²) in [6.07, 6.45) is 2.39. The van der Waals surface area contributed by atoms with E-state index in [1.54, 1.807) is 21.9 Å². The summed E-state index contributed by atoms with van der Waals surface area (Å²) in [6, 6.07) is 9.03. The van der Waals surface area contributed by atoms with Crippen LogP contribution < -0.4 is 0 Å². The predicted molar refractivity (Wildman–Crippen MR) is 92.1 cm³/mol. The van der Waals surface area contributed by atoms with Gasteiger partial charge in [-0.3, -0.25) is 14.4 Å². The molecular weight excluding hydrogens is 320 g/mol. The van der Waals surface area contributed by atoms with Gasteiger partial charge in [0, 0.05) is 25.2 Å².